The molecule has 2 aromatic rings. The monoisotopic (exact) mass is 313 g/mol. The zero-order chi connectivity index (χ0) is 16.5. The first-order valence-corrected chi connectivity index (χ1v) is 7.87. The average molecular weight is 313 g/mol. The Balaban J connectivity index is 1.72. The molecule has 1 amide bonds. The first-order chi connectivity index (χ1) is 11.2. The topological polar surface area (TPSA) is 47.6 Å². The maximum absolute atomic E-state index is 12.0. The summed E-state index contributed by atoms with van der Waals surface area (Å²) in [7, 11) is 1.61. The van der Waals surface area contributed by atoms with E-state index < -0.39 is 0 Å². The third-order valence-electron chi connectivity index (χ3n) is 3.51. The maximum Gasteiger partial charge on any atom is 0.251 e. The molecule has 0 spiro atoms. The molecule has 4 heteroatoms. The van der Waals surface area contributed by atoms with Crippen molar-refractivity contribution in [2.45, 2.75) is 19.8 Å². The van der Waals surface area contributed by atoms with E-state index in [9.17, 15) is 4.79 Å². The molecule has 0 unspecified atom stereocenters. The second-order valence-electron chi connectivity index (χ2n) is 5.16. The lowest BCUT2D eigenvalue weighted by Gasteiger charge is -2.07. The number of methoxy groups -OCH3 is 1. The van der Waals surface area contributed by atoms with E-state index >= 15 is 0 Å². The maximum atomic E-state index is 12.0. The quantitative estimate of drug-likeness (QED) is 0.759. The third kappa shape index (κ3) is 5.33. The summed E-state index contributed by atoms with van der Waals surface area (Å²) in [4.78, 5) is 12.0. The molecule has 2 rings (SSSR count). The molecular weight excluding hydrogens is 290 g/mol. The molecule has 0 saturated heterocycles. The molecule has 122 valence electrons. The van der Waals surface area contributed by atoms with Crippen LogP contribution in [0, 0.1) is 0 Å². The fraction of sp³-hybridized carbons (Fsp3) is 0.316. The summed E-state index contributed by atoms with van der Waals surface area (Å²) < 4.78 is 10.5. The molecular formula is C19H23NO3. The van der Waals surface area contributed by atoms with Crippen molar-refractivity contribution >= 4 is 5.91 Å². The highest BCUT2D eigenvalue weighted by atomic mass is 16.5. The Hall–Kier alpha value is -2.49. The predicted octanol–water partition coefficient (Wildman–Crippen LogP) is 3.46. The zero-order valence-corrected chi connectivity index (χ0v) is 13.7. The van der Waals surface area contributed by atoms with Gasteiger partial charge in [-0.3, -0.25) is 4.79 Å². The molecule has 0 saturated carbocycles. The molecule has 0 bridgehead atoms. The first kappa shape index (κ1) is 16.9. The Kier molecular flexibility index (Phi) is 6.48. The Morgan fingerprint density at radius 3 is 2.26 bits per heavy atom. The Morgan fingerprint density at radius 2 is 1.65 bits per heavy atom. The lowest BCUT2D eigenvalue weighted by atomic mass is 10.1. The number of amides is 1. The lowest BCUT2D eigenvalue weighted by Crippen LogP contribution is -2.24. The number of rotatable bonds is 8. The Morgan fingerprint density at radius 1 is 1.00 bits per heavy atom. The predicted molar refractivity (Wildman–Crippen MR) is 91.3 cm³/mol. The first-order valence-electron chi connectivity index (χ1n) is 7.87. The number of ether oxygens (including phenoxy) is 2. The second-order valence-corrected chi connectivity index (χ2v) is 5.16. The normalized spacial score (nSPS) is 10.2. The Bertz CT molecular complexity index is 606. The van der Waals surface area contributed by atoms with Gasteiger partial charge in [0.05, 0.1) is 13.7 Å². The molecule has 1 N–H and O–H groups in total. The highest BCUT2D eigenvalue weighted by Gasteiger charge is 2.04. The van der Waals surface area contributed by atoms with E-state index in [0.29, 0.717) is 18.7 Å². The summed E-state index contributed by atoms with van der Waals surface area (Å²) in [5.41, 5.74) is 1.89. The van der Waals surface area contributed by atoms with Gasteiger partial charge in [0.1, 0.15) is 11.5 Å². The van der Waals surface area contributed by atoms with Crippen molar-refractivity contribution in [3.8, 4) is 11.5 Å². The van der Waals surface area contributed by atoms with Crippen LogP contribution in [-0.4, -0.2) is 26.2 Å². The molecule has 4 nitrogen and oxygen atoms in total. The lowest BCUT2D eigenvalue weighted by molar-refractivity contribution is 0.0953. The van der Waals surface area contributed by atoms with Crippen LogP contribution in [-0.2, 0) is 6.42 Å². The highest BCUT2D eigenvalue weighted by Crippen LogP contribution is 2.13. The van der Waals surface area contributed by atoms with Gasteiger partial charge in [-0.15, -0.1) is 0 Å². The van der Waals surface area contributed by atoms with E-state index in [2.05, 4.69) is 17.4 Å². The molecule has 0 atom stereocenters. The van der Waals surface area contributed by atoms with Gasteiger partial charge < -0.3 is 14.8 Å². The van der Waals surface area contributed by atoms with Crippen molar-refractivity contribution in [2.24, 2.45) is 0 Å². The summed E-state index contributed by atoms with van der Waals surface area (Å²) in [6.07, 6.45) is 1.82. The van der Waals surface area contributed by atoms with Gasteiger partial charge in [0, 0.05) is 12.1 Å². The number of aryl methyl sites for hydroxylation is 1. The third-order valence-corrected chi connectivity index (χ3v) is 3.51. The molecule has 0 radical (unpaired) electrons. The van der Waals surface area contributed by atoms with Gasteiger partial charge in [0.25, 0.3) is 5.91 Å². The highest BCUT2D eigenvalue weighted by molar-refractivity contribution is 5.94. The van der Waals surface area contributed by atoms with Gasteiger partial charge in [-0.25, -0.2) is 0 Å². The van der Waals surface area contributed by atoms with Gasteiger partial charge >= 0.3 is 0 Å². The second kappa shape index (κ2) is 8.83. The van der Waals surface area contributed by atoms with E-state index in [-0.39, 0.29) is 5.91 Å². The van der Waals surface area contributed by atoms with Crippen molar-refractivity contribution in [1.82, 2.24) is 5.32 Å². The average Bonchev–Trinajstić information content (AvgIpc) is 2.60. The molecule has 0 aromatic heterocycles. The number of carbonyl (C=O) groups excluding carboxylic acids is 1. The summed E-state index contributed by atoms with van der Waals surface area (Å²) >= 11 is 0. The minimum Gasteiger partial charge on any atom is -0.497 e. The number of benzene rings is 2. The molecule has 0 fully saturated rings. The summed E-state index contributed by atoms with van der Waals surface area (Å²) in [6.45, 7) is 3.30. The Labute approximate surface area is 137 Å². The molecule has 0 aliphatic carbocycles. The summed E-state index contributed by atoms with van der Waals surface area (Å²) in [5.74, 6) is 1.58. The van der Waals surface area contributed by atoms with Crippen molar-refractivity contribution in [3.05, 3.63) is 59.7 Å². The summed E-state index contributed by atoms with van der Waals surface area (Å²) in [6, 6.07) is 15.2. The zero-order valence-electron chi connectivity index (χ0n) is 13.7. The van der Waals surface area contributed by atoms with Crippen LogP contribution in [0.1, 0.15) is 29.3 Å². The van der Waals surface area contributed by atoms with Crippen LogP contribution < -0.4 is 14.8 Å². The van der Waals surface area contributed by atoms with Crippen LogP contribution in [0.3, 0.4) is 0 Å². The van der Waals surface area contributed by atoms with Crippen molar-refractivity contribution in [1.29, 1.82) is 0 Å². The molecule has 0 aliphatic heterocycles. The van der Waals surface area contributed by atoms with Gasteiger partial charge in [-0.2, -0.15) is 0 Å². The van der Waals surface area contributed by atoms with Gasteiger partial charge in [-0.1, -0.05) is 12.1 Å². The molecule has 23 heavy (non-hydrogen) atoms. The van der Waals surface area contributed by atoms with Gasteiger partial charge in [-0.05, 0) is 61.7 Å². The van der Waals surface area contributed by atoms with E-state index in [1.807, 2.05) is 19.1 Å². The minimum atomic E-state index is -0.0562. The number of carbonyl (C=O) groups is 1. The molecule has 0 aliphatic rings. The van der Waals surface area contributed by atoms with E-state index in [0.717, 1.165) is 24.3 Å². The molecule has 0 heterocycles. The van der Waals surface area contributed by atoms with Crippen LogP contribution in [0.2, 0.25) is 0 Å². The number of hydrogen-bond donors (Lipinski definition) is 1. The van der Waals surface area contributed by atoms with E-state index in [1.54, 1.807) is 31.4 Å². The largest absolute Gasteiger partial charge is 0.497 e. The van der Waals surface area contributed by atoms with Crippen LogP contribution in [0.5, 0.6) is 11.5 Å². The fourth-order valence-corrected chi connectivity index (χ4v) is 2.26. The van der Waals surface area contributed by atoms with Crippen molar-refractivity contribution in [3.63, 3.8) is 0 Å². The van der Waals surface area contributed by atoms with Gasteiger partial charge in [0.2, 0.25) is 0 Å². The standard InChI is InChI=1S/C19H23NO3/c1-3-23-18-10-6-15(7-11-18)5-4-14-20-19(21)16-8-12-17(22-2)13-9-16/h6-13H,3-5,14H2,1-2H3,(H,20,21). The van der Waals surface area contributed by atoms with Crippen LogP contribution in [0.4, 0.5) is 0 Å². The SMILES string of the molecule is CCOc1ccc(CCCNC(=O)c2ccc(OC)cc2)cc1. The van der Waals surface area contributed by atoms with Crippen LogP contribution >= 0.6 is 0 Å². The van der Waals surface area contributed by atoms with E-state index in [1.165, 1.54) is 5.56 Å². The minimum absolute atomic E-state index is 0.0562. The fourth-order valence-electron chi connectivity index (χ4n) is 2.26. The molecule has 2 aromatic carbocycles. The smallest absolute Gasteiger partial charge is 0.251 e. The van der Waals surface area contributed by atoms with Crippen LogP contribution in [0.25, 0.3) is 0 Å². The van der Waals surface area contributed by atoms with Crippen LogP contribution in [0.15, 0.2) is 48.5 Å². The van der Waals surface area contributed by atoms with E-state index in [4.69, 9.17) is 9.47 Å². The number of nitrogens with one attached hydrogen (secondary N) is 1. The summed E-state index contributed by atoms with van der Waals surface area (Å²) in [5, 5.41) is 2.93. The van der Waals surface area contributed by atoms with Gasteiger partial charge in [0.15, 0.2) is 0 Å². The van der Waals surface area contributed by atoms with Crippen molar-refractivity contribution in [2.75, 3.05) is 20.3 Å². The number of hydrogen-bond acceptors (Lipinski definition) is 3. The van der Waals surface area contributed by atoms with Crippen molar-refractivity contribution < 1.29 is 14.3 Å².